The van der Waals surface area contributed by atoms with Crippen molar-refractivity contribution in [3.63, 3.8) is 0 Å². The minimum atomic E-state index is -1.05. The number of rotatable bonds is 5. The summed E-state index contributed by atoms with van der Waals surface area (Å²) in [4.78, 5) is 11.9. The number of aliphatic carboxylic acids is 1. The van der Waals surface area contributed by atoms with Crippen LogP contribution in [0.1, 0.15) is 16.7 Å². The first kappa shape index (κ1) is 13.8. The largest absolute Gasteiger partial charge is 0.481 e. The number of carboxylic acids is 1. The van der Waals surface area contributed by atoms with E-state index in [1.165, 1.54) is 0 Å². The number of aryl methyl sites for hydroxylation is 1. The van der Waals surface area contributed by atoms with Crippen LogP contribution in [0.25, 0.3) is 0 Å². The molecule has 0 spiro atoms. The van der Waals surface area contributed by atoms with Crippen LogP contribution in [0.15, 0.2) is 41.1 Å². The van der Waals surface area contributed by atoms with E-state index in [9.17, 15) is 9.90 Å². The average Bonchev–Trinajstić information content (AvgIpc) is 2.89. The van der Waals surface area contributed by atoms with Crippen molar-refractivity contribution in [3.8, 4) is 0 Å². The lowest BCUT2D eigenvalue weighted by Gasteiger charge is -2.29. The van der Waals surface area contributed by atoms with Gasteiger partial charge in [0.05, 0.1) is 0 Å². The Balaban J connectivity index is 2.51. The van der Waals surface area contributed by atoms with Crippen LogP contribution < -0.4 is 5.73 Å². The summed E-state index contributed by atoms with van der Waals surface area (Å²) in [5.41, 5.74) is 7.58. The van der Waals surface area contributed by atoms with Crippen molar-refractivity contribution in [1.29, 1.82) is 0 Å². The topological polar surface area (TPSA) is 63.3 Å². The molecule has 1 aromatic heterocycles. The normalized spacial score (nSPS) is 14.0. The molecule has 0 aliphatic rings. The summed E-state index contributed by atoms with van der Waals surface area (Å²) in [6.45, 7) is 2.01. The minimum absolute atomic E-state index is 0.0863. The summed E-state index contributed by atoms with van der Waals surface area (Å²) >= 11 is 1.57. The van der Waals surface area contributed by atoms with Crippen molar-refractivity contribution in [3.05, 3.63) is 57.8 Å². The molecule has 4 heteroatoms. The summed E-state index contributed by atoms with van der Waals surface area (Å²) < 4.78 is 0. The Morgan fingerprint density at radius 2 is 2.11 bits per heavy atom. The minimum Gasteiger partial charge on any atom is -0.481 e. The number of benzene rings is 1. The number of thiophene rings is 1. The molecule has 0 aliphatic heterocycles. The van der Waals surface area contributed by atoms with E-state index >= 15 is 0 Å². The fourth-order valence-corrected chi connectivity index (χ4v) is 3.08. The molecule has 0 bridgehead atoms. The molecule has 0 radical (unpaired) electrons. The van der Waals surface area contributed by atoms with Gasteiger partial charge < -0.3 is 10.8 Å². The van der Waals surface area contributed by atoms with E-state index in [0.29, 0.717) is 6.42 Å². The maximum atomic E-state index is 11.9. The van der Waals surface area contributed by atoms with Crippen LogP contribution in [0.5, 0.6) is 0 Å². The second-order valence-corrected chi connectivity index (χ2v) is 5.49. The second kappa shape index (κ2) is 5.55. The number of hydrogen-bond acceptors (Lipinski definition) is 3. The fourth-order valence-electron chi connectivity index (χ4n) is 2.41. The molecule has 1 heterocycles. The molecular weight excluding hydrogens is 258 g/mol. The van der Waals surface area contributed by atoms with Crippen molar-refractivity contribution < 1.29 is 9.90 Å². The second-order valence-electron chi connectivity index (χ2n) is 4.71. The molecule has 0 amide bonds. The molecule has 0 aliphatic carbocycles. The lowest BCUT2D eigenvalue weighted by atomic mass is 9.74. The molecular formula is C15H17NO2S. The monoisotopic (exact) mass is 275 g/mol. The highest BCUT2D eigenvalue weighted by Crippen LogP contribution is 2.31. The zero-order valence-corrected chi connectivity index (χ0v) is 11.6. The molecule has 1 atom stereocenters. The van der Waals surface area contributed by atoms with E-state index in [4.69, 9.17) is 5.73 Å². The predicted octanol–water partition coefficient (Wildman–Crippen LogP) is 2.58. The number of carbonyl (C=O) groups is 1. The fraction of sp³-hybridized carbons (Fsp3) is 0.267. The zero-order valence-electron chi connectivity index (χ0n) is 10.8. The molecule has 0 saturated heterocycles. The van der Waals surface area contributed by atoms with Crippen LogP contribution in [-0.2, 0) is 16.6 Å². The Morgan fingerprint density at radius 3 is 2.63 bits per heavy atom. The molecule has 1 aromatic carbocycles. The number of hydrogen-bond donors (Lipinski definition) is 2. The first-order chi connectivity index (χ1) is 9.10. The third-order valence-corrected chi connectivity index (χ3v) is 4.24. The maximum absolute atomic E-state index is 11.9. The van der Waals surface area contributed by atoms with E-state index in [2.05, 4.69) is 0 Å². The van der Waals surface area contributed by atoms with E-state index in [0.717, 1.165) is 16.7 Å². The van der Waals surface area contributed by atoms with Gasteiger partial charge in [-0.05, 0) is 46.9 Å². The summed E-state index contributed by atoms with van der Waals surface area (Å²) in [6, 6.07) is 9.52. The Bertz CT molecular complexity index is 565. The van der Waals surface area contributed by atoms with Gasteiger partial charge in [0.1, 0.15) is 5.41 Å². The third-order valence-electron chi connectivity index (χ3n) is 3.50. The smallest absolute Gasteiger partial charge is 0.315 e. The van der Waals surface area contributed by atoms with Gasteiger partial charge >= 0.3 is 5.97 Å². The molecule has 3 nitrogen and oxygen atoms in total. The van der Waals surface area contributed by atoms with E-state index in [1.807, 2.05) is 48.0 Å². The van der Waals surface area contributed by atoms with Crippen molar-refractivity contribution >= 4 is 17.3 Å². The number of nitrogens with two attached hydrogens (primary N) is 1. The highest BCUT2D eigenvalue weighted by Gasteiger charge is 2.40. The van der Waals surface area contributed by atoms with E-state index in [1.54, 1.807) is 11.3 Å². The molecule has 2 aromatic rings. The van der Waals surface area contributed by atoms with Crippen LogP contribution in [0.2, 0.25) is 0 Å². The average molecular weight is 275 g/mol. The molecule has 3 N–H and O–H groups in total. The van der Waals surface area contributed by atoms with Gasteiger partial charge in [0.15, 0.2) is 0 Å². The van der Waals surface area contributed by atoms with Crippen LogP contribution >= 0.6 is 11.3 Å². The van der Waals surface area contributed by atoms with Crippen LogP contribution in [0, 0.1) is 6.92 Å². The van der Waals surface area contributed by atoms with Crippen molar-refractivity contribution in [2.24, 2.45) is 5.73 Å². The summed E-state index contributed by atoms with van der Waals surface area (Å²) in [6.07, 6.45) is 0.424. The van der Waals surface area contributed by atoms with Crippen molar-refractivity contribution in [2.75, 3.05) is 6.54 Å². The van der Waals surface area contributed by atoms with E-state index < -0.39 is 11.4 Å². The van der Waals surface area contributed by atoms with Crippen molar-refractivity contribution in [1.82, 2.24) is 0 Å². The quantitative estimate of drug-likeness (QED) is 0.881. The first-order valence-corrected chi connectivity index (χ1v) is 7.05. The molecule has 19 heavy (non-hydrogen) atoms. The van der Waals surface area contributed by atoms with Crippen LogP contribution in [0.3, 0.4) is 0 Å². The lowest BCUT2D eigenvalue weighted by Crippen LogP contribution is -2.45. The van der Waals surface area contributed by atoms with Gasteiger partial charge in [-0.25, -0.2) is 0 Å². The molecule has 100 valence electrons. The molecule has 0 fully saturated rings. The molecule has 2 rings (SSSR count). The Hall–Kier alpha value is -1.65. The van der Waals surface area contributed by atoms with Gasteiger partial charge in [-0.1, -0.05) is 24.3 Å². The Kier molecular flexibility index (Phi) is 4.02. The Morgan fingerprint density at radius 1 is 1.37 bits per heavy atom. The SMILES string of the molecule is Cc1ccccc1C(CN)(Cc1ccsc1)C(=O)O. The predicted molar refractivity (Wildman–Crippen MR) is 77.6 cm³/mol. The van der Waals surface area contributed by atoms with Gasteiger partial charge in [0.2, 0.25) is 0 Å². The Labute approximate surface area is 116 Å². The highest BCUT2D eigenvalue weighted by atomic mass is 32.1. The molecule has 1 unspecified atom stereocenters. The van der Waals surface area contributed by atoms with Gasteiger partial charge in [0, 0.05) is 6.54 Å². The standard InChI is InChI=1S/C15H17NO2S/c1-11-4-2-3-5-13(11)15(10-16,14(17)18)8-12-6-7-19-9-12/h2-7,9H,8,10,16H2,1H3,(H,17,18). The van der Waals surface area contributed by atoms with Crippen LogP contribution in [-0.4, -0.2) is 17.6 Å². The third kappa shape index (κ3) is 2.55. The zero-order chi connectivity index (χ0) is 13.9. The van der Waals surface area contributed by atoms with Crippen LogP contribution in [0.4, 0.5) is 0 Å². The van der Waals surface area contributed by atoms with Gasteiger partial charge in [-0.3, -0.25) is 4.79 Å². The highest BCUT2D eigenvalue weighted by molar-refractivity contribution is 7.07. The molecule has 0 saturated carbocycles. The summed E-state index contributed by atoms with van der Waals surface area (Å²) in [5.74, 6) is -0.865. The van der Waals surface area contributed by atoms with Crippen molar-refractivity contribution in [2.45, 2.75) is 18.8 Å². The first-order valence-electron chi connectivity index (χ1n) is 6.11. The lowest BCUT2D eigenvalue weighted by molar-refractivity contribution is -0.143. The van der Waals surface area contributed by atoms with Gasteiger partial charge in [-0.15, -0.1) is 0 Å². The maximum Gasteiger partial charge on any atom is 0.315 e. The van der Waals surface area contributed by atoms with Gasteiger partial charge in [0.25, 0.3) is 0 Å². The van der Waals surface area contributed by atoms with Gasteiger partial charge in [-0.2, -0.15) is 11.3 Å². The summed E-state index contributed by atoms with van der Waals surface area (Å²) in [5, 5.41) is 13.7. The number of carboxylic acid groups (broad SMARTS) is 1. The van der Waals surface area contributed by atoms with E-state index in [-0.39, 0.29) is 6.54 Å². The summed E-state index contributed by atoms with van der Waals surface area (Å²) in [7, 11) is 0.